The highest BCUT2D eigenvalue weighted by atomic mass is 32.2. The Kier molecular flexibility index (Phi) is 3.63. The van der Waals surface area contributed by atoms with Crippen molar-refractivity contribution in [2.75, 3.05) is 0 Å². The first kappa shape index (κ1) is 12.6. The molecule has 3 N–H and O–H groups in total. The number of rotatable bonds is 2. The maximum Gasteiger partial charge on any atom is 0.331 e. The van der Waals surface area contributed by atoms with E-state index < -0.39 is 6.03 Å². The van der Waals surface area contributed by atoms with Crippen molar-refractivity contribution in [1.82, 2.24) is 10.4 Å². The van der Waals surface area contributed by atoms with Gasteiger partial charge in [-0.3, -0.25) is 4.79 Å². The minimum atomic E-state index is -0.827. The summed E-state index contributed by atoms with van der Waals surface area (Å²) in [4.78, 5) is 23.1. The molecule has 0 unspecified atom stereocenters. The minimum Gasteiger partial charge on any atom is -0.350 e. The summed E-state index contributed by atoms with van der Waals surface area (Å²) in [5.41, 5.74) is 8.03. The Bertz CT molecular complexity index is 542. The molecule has 5 nitrogen and oxygen atoms in total. The minimum absolute atomic E-state index is 0.251. The average Bonchev–Trinajstić information content (AvgIpc) is 2.58. The molecule has 3 amide bonds. The van der Waals surface area contributed by atoms with Crippen LogP contribution >= 0.6 is 24.0 Å². The third-order valence-corrected chi connectivity index (χ3v) is 3.42. The fourth-order valence-electron chi connectivity index (χ4n) is 1.37. The molecular weight excluding hydrogens is 270 g/mol. The zero-order valence-corrected chi connectivity index (χ0v) is 10.8. The predicted molar refractivity (Wildman–Crippen MR) is 74.2 cm³/mol. The number of thiocarbonyl (C=S) groups is 1. The summed E-state index contributed by atoms with van der Waals surface area (Å²) in [5, 5.41) is 0.969. The monoisotopic (exact) mass is 279 g/mol. The van der Waals surface area contributed by atoms with Crippen LogP contribution in [0.4, 0.5) is 4.79 Å². The topological polar surface area (TPSA) is 75.4 Å². The largest absolute Gasteiger partial charge is 0.350 e. The van der Waals surface area contributed by atoms with Crippen LogP contribution in [0.2, 0.25) is 0 Å². The number of carbonyl (C=O) groups is 2. The Morgan fingerprint density at radius 3 is 2.67 bits per heavy atom. The average molecular weight is 279 g/mol. The van der Waals surface area contributed by atoms with Gasteiger partial charge in [0.1, 0.15) is 0 Å². The molecule has 92 valence electrons. The molecular formula is C11H9N3O2S2. The van der Waals surface area contributed by atoms with Crippen LogP contribution in [0, 0.1) is 0 Å². The highest BCUT2D eigenvalue weighted by molar-refractivity contribution is 8.26. The van der Waals surface area contributed by atoms with Crippen molar-refractivity contribution in [3.05, 3.63) is 40.8 Å². The first-order valence-corrected chi connectivity index (χ1v) is 6.19. The van der Waals surface area contributed by atoms with Crippen molar-refractivity contribution < 1.29 is 9.59 Å². The van der Waals surface area contributed by atoms with E-state index in [1.165, 1.54) is 0 Å². The molecule has 7 heteroatoms. The number of carbonyl (C=O) groups excluding carboxylic acids is 2. The first-order chi connectivity index (χ1) is 8.58. The van der Waals surface area contributed by atoms with E-state index >= 15 is 0 Å². The van der Waals surface area contributed by atoms with Gasteiger partial charge in [0, 0.05) is 0 Å². The number of hydrogen-bond donors (Lipinski definition) is 2. The van der Waals surface area contributed by atoms with Gasteiger partial charge >= 0.3 is 6.03 Å². The van der Waals surface area contributed by atoms with Crippen LogP contribution in [0.25, 0.3) is 6.08 Å². The van der Waals surface area contributed by atoms with Gasteiger partial charge in [0.25, 0.3) is 5.91 Å². The Balaban J connectivity index is 2.23. The Labute approximate surface area is 113 Å². The standard InChI is InChI=1S/C11H9N3O2S2/c12-10(16)13-14-9(15)8(18-11(14)17)6-7-4-2-1-3-5-7/h1-6H,(H3,12,13,16)/b8-6-. The zero-order chi connectivity index (χ0) is 13.1. The number of urea groups is 1. The van der Waals surface area contributed by atoms with Gasteiger partial charge in [-0.2, -0.15) is 5.01 Å². The van der Waals surface area contributed by atoms with E-state index in [1.807, 2.05) is 30.3 Å². The second kappa shape index (κ2) is 5.19. The highest BCUT2D eigenvalue weighted by Crippen LogP contribution is 2.31. The fraction of sp³-hybridized carbons (Fsp3) is 0. The number of benzene rings is 1. The van der Waals surface area contributed by atoms with Gasteiger partial charge < -0.3 is 5.73 Å². The van der Waals surface area contributed by atoms with Gasteiger partial charge in [0.2, 0.25) is 0 Å². The SMILES string of the molecule is NC(=O)NN1C(=O)/C(=C/c2ccccc2)SC1=S. The lowest BCUT2D eigenvalue weighted by Crippen LogP contribution is -2.47. The summed E-state index contributed by atoms with van der Waals surface area (Å²) in [7, 11) is 0. The number of hydrogen-bond acceptors (Lipinski definition) is 4. The molecule has 0 atom stereocenters. The highest BCUT2D eigenvalue weighted by Gasteiger charge is 2.33. The molecule has 0 saturated carbocycles. The molecule has 2 rings (SSSR count). The van der Waals surface area contributed by atoms with Crippen LogP contribution in [0.3, 0.4) is 0 Å². The molecule has 0 spiro atoms. The van der Waals surface area contributed by atoms with Gasteiger partial charge in [-0.1, -0.05) is 42.1 Å². The lowest BCUT2D eigenvalue weighted by atomic mass is 10.2. The molecule has 1 saturated heterocycles. The van der Waals surface area contributed by atoms with E-state index in [4.69, 9.17) is 18.0 Å². The number of primary amides is 1. The summed E-state index contributed by atoms with van der Waals surface area (Å²) in [6, 6.07) is 8.54. The smallest absolute Gasteiger partial charge is 0.331 e. The number of nitrogens with two attached hydrogens (primary N) is 1. The maximum atomic E-state index is 11.9. The van der Waals surface area contributed by atoms with Gasteiger partial charge in [-0.05, 0) is 23.9 Å². The molecule has 1 aliphatic rings. The van der Waals surface area contributed by atoms with Gasteiger partial charge in [-0.25, -0.2) is 10.2 Å². The molecule has 1 aromatic rings. The van der Waals surface area contributed by atoms with Crippen molar-refractivity contribution in [3.8, 4) is 0 Å². The summed E-state index contributed by atoms with van der Waals surface area (Å²) in [6.45, 7) is 0. The van der Waals surface area contributed by atoms with E-state index in [9.17, 15) is 9.59 Å². The molecule has 0 aliphatic carbocycles. The van der Waals surface area contributed by atoms with E-state index in [2.05, 4.69) is 5.43 Å². The number of amides is 3. The van der Waals surface area contributed by atoms with Crippen LogP contribution in [0.1, 0.15) is 5.56 Å². The third kappa shape index (κ3) is 2.69. The van der Waals surface area contributed by atoms with Crippen LogP contribution in [-0.4, -0.2) is 21.3 Å². The Morgan fingerprint density at radius 1 is 1.39 bits per heavy atom. The van der Waals surface area contributed by atoms with Gasteiger partial charge in [0.15, 0.2) is 4.32 Å². The summed E-state index contributed by atoms with van der Waals surface area (Å²) >= 11 is 6.10. The molecule has 0 aromatic heterocycles. The second-order valence-corrected chi connectivity index (χ2v) is 5.08. The second-order valence-electron chi connectivity index (χ2n) is 3.40. The Morgan fingerprint density at radius 2 is 2.06 bits per heavy atom. The van der Waals surface area contributed by atoms with Crippen LogP contribution < -0.4 is 11.2 Å². The van der Waals surface area contributed by atoms with Crippen LogP contribution in [0.15, 0.2) is 35.2 Å². The van der Waals surface area contributed by atoms with Crippen molar-refractivity contribution in [1.29, 1.82) is 0 Å². The predicted octanol–water partition coefficient (Wildman–Crippen LogP) is 1.47. The lowest BCUT2D eigenvalue weighted by Gasteiger charge is -2.12. The van der Waals surface area contributed by atoms with Gasteiger partial charge in [0.05, 0.1) is 4.91 Å². The van der Waals surface area contributed by atoms with Crippen LogP contribution in [0.5, 0.6) is 0 Å². The van der Waals surface area contributed by atoms with Crippen molar-refractivity contribution >= 4 is 46.3 Å². The number of nitrogens with one attached hydrogen (secondary N) is 1. The van der Waals surface area contributed by atoms with E-state index in [-0.39, 0.29) is 10.2 Å². The van der Waals surface area contributed by atoms with Crippen molar-refractivity contribution in [2.24, 2.45) is 5.73 Å². The zero-order valence-electron chi connectivity index (χ0n) is 9.12. The number of hydrazine groups is 1. The molecule has 18 heavy (non-hydrogen) atoms. The first-order valence-electron chi connectivity index (χ1n) is 4.97. The molecule has 1 aromatic carbocycles. The van der Waals surface area contributed by atoms with E-state index in [0.717, 1.165) is 22.3 Å². The summed E-state index contributed by atoms with van der Waals surface area (Å²) in [6.07, 6.45) is 1.71. The molecule has 1 aliphatic heterocycles. The lowest BCUT2D eigenvalue weighted by molar-refractivity contribution is -0.123. The van der Waals surface area contributed by atoms with E-state index in [0.29, 0.717) is 4.91 Å². The Hall–Kier alpha value is -1.86. The van der Waals surface area contributed by atoms with E-state index in [1.54, 1.807) is 6.08 Å². The summed E-state index contributed by atoms with van der Waals surface area (Å²) in [5.74, 6) is -0.382. The van der Waals surface area contributed by atoms with Crippen molar-refractivity contribution in [3.63, 3.8) is 0 Å². The maximum absolute atomic E-state index is 11.9. The third-order valence-electron chi connectivity index (χ3n) is 2.11. The summed E-state index contributed by atoms with van der Waals surface area (Å²) < 4.78 is 0.251. The number of nitrogens with zero attached hydrogens (tertiary/aromatic N) is 1. The fourth-order valence-corrected chi connectivity index (χ4v) is 2.55. The van der Waals surface area contributed by atoms with Crippen molar-refractivity contribution in [2.45, 2.75) is 0 Å². The molecule has 0 bridgehead atoms. The molecule has 1 heterocycles. The number of thioether (sulfide) groups is 1. The normalized spacial score (nSPS) is 17.3. The molecule has 1 fully saturated rings. The van der Waals surface area contributed by atoms with Crippen LogP contribution in [-0.2, 0) is 4.79 Å². The van der Waals surface area contributed by atoms with Gasteiger partial charge in [-0.15, -0.1) is 0 Å². The molecule has 0 radical (unpaired) electrons. The quantitative estimate of drug-likeness (QED) is 0.635.